The number of rotatable bonds is 6. The quantitative estimate of drug-likeness (QED) is 0.590. The van der Waals surface area contributed by atoms with Crippen LogP contribution in [0.25, 0.3) is 0 Å². The molecule has 0 rings (SSSR count). The molecule has 0 nitrogen and oxygen atoms in total. The van der Waals surface area contributed by atoms with Crippen molar-refractivity contribution >= 4 is 11.8 Å². The van der Waals surface area contributed by atoms with Gasteiger partial charge in [0.15, 0.2) is 0 Å². The van der Waals surface area contributed by atoms with E-state index in [1.54, 1.807) is 0 Å². The van der Waals surface area contributed by atoms with Gasteiger partial charge < -0.3 is 0 Å². The Morgan fingerprint density at radius 1 is 0.909 bits per heavy atom. The Bertz CT molecular complexity index is 76.9. The van der Waals surface area contributed by atoms with Crippen molar-refractivity contribution in [2.45, 2.75) is 40.0 Å². The summed E-state index contributed by atoms with van der Waals surface area (Å²) in [7, 11) is 0. The first-order valence-electron chi connectivity index (χ1n) is 4.78. The summed E-state index contributed by atoms with van der Waals surface area (Å²) in [5, 5.41) is 0. The first-order valence-corrected chi connectivity index (χ1v) is 6.18. The molecule has 1 heteroatoms. The average molecular weight is 174 g/mol. The largest absolute Gasteiger partial charge is 0.165 e. The molecule has 0 aromatic carbocycles. The number of thioether (sulfide) groups is 1. The maximum Gasteiger partial charge on any atom is -0.00394 e. The molecule has 0 aliphatic carbocycles. The monoisotopic (exact) mass is 174 g/mol. The molecule has 0 aliphatic heterocycles. The number of hydrogen-bond donors (Lipinski definition) is 0. The van der Waals surface area contributed by atoms with Gasteiger partial charge in [-0.25, -0.2) is 0 Å². The molecule has 0 heterocycles. The molecule has 0 aromatic heterocycles. The summed E-state index contributed by atoms with van der Waals surface area (Å²) in [6.07, 6.45) is 6.28. The van der Waals surface area contributed by atoms with Gasteiger partial charge >= 0.3 is 0 Å². The molecule has 0 amide bonds. The highest BCUT2D eigenvalue weighted by Crippen LogP contribution is 2.25. The van der Waals surface area contributed by atoms with Gasteiger partial charge in [-0.3, -0.25) is 0 Å². The zero-order valence-corrected chi connectivity index (χ0v) is 9.21. The van der Waals surface area contributed by atoms with Crippen LogP contribution in [0.2, 0.25) is 0 Å². The second kappa shape index (κ2) is 7.02. The van der Waals surface area contributed by atoms with Gasteiger partial charge in [0.25, 0.3) is 0 Å². The first kappa shape index (κ1) is 11.4. The minimum atomic E-state index is 0.958. The van der Waals surface area contributed by atoms with Crippen LogP contribution in [0.1, 0.15) is 40.0 Å². The van der Waals surface area contributed by atoms with Crippen molar-refractivity contribution in [2.75, 3.05) is 12.0 Å². The minimum absolute atomic E-state index is 0.958. The average Bonchev–Trinajstić information content (AvgIpc) is 2.05. The fraction of sp³-hybridized carbons (Fsp3) is 1.00. The lowest BCUT2D eigenvalue weighted by molar-refractivity contribution is 0.334. The molecule has 0 saturated carbocycles. The van der Waals surface area contributed by atoms with Gasteiger partial charge in [-0.2, -0.15) is 11.8 Å². The third-order valence-electron chi connectivity index (χ3n) is 2.62. The summed E-state index contributed by atoms with van der Waals surface area (Å²) in [4.78, 5) is 0. The summed E-state index contributed by atoms with van der Waals surface area (Å²) >= 11 is 1.99. The van der Waals surface area contributed by atoms with Gasteiger partial charge in [0, 0.05) is 0 Å². The van der Waals surface area contributed by atoms with Crippen molar-refractivity contribution in [3.8, 4) is 0 Å². The molecule has 0 fully saturated rings. The van der Waals surface area contributed by atoms with Crippen molar-refractivity contribution in [3.05, 3.63) is 0 Å². The summed E-state index contributed by atoms with van der Waals surface area (Å²) in [5.74, 6) is 3.27. The normalized spacial score (nSPS) is 13.9. The summed E-state index contributed by atoms with van der Waals surface area (Å²) in [5.41, 5.74) is 0. The highest BCUT2D eigenvalue weighted by atomic mass is 32.2. The van der Waals surface area contributed by atoms with E-state index in [1.807, 2.05) is 11.8 Å². The molecule has 1 unspecified atom stereocenters. The van der Waals surface area contributed by atoms with Crippen LogP contribution in [0, 0.1) is 11.8 Å². The third kappa shape index (κ3) is 4.05. The third-order valence-corrected chi connectivity index (χ3v) is 3.38. The lowest BCUT2D eigenvalue weighted by Gasteiger charge is -2.22. The molecule has 0 aliphatic rings. The predicted molar refractivity (Wildman–Crippen MR) is 56.2 cm³/mol. The van der Waals surface area contributed by atoms with Crippen LogP contribution in [-0.4, -0.2) is 12.0 Å². The maximum atomic E-state index is 2.32. The second-order valence-corrected chi connectivity index (χ2v) is 4.11. The molecule has 1 atom stereocenters. The predicted octanol–water partition coefficient (Wildman–Crippen LogP) is 3.81. The van der Waals surface area contributed by atoms with Crippen LogP contribution in [0.4, 0.5) is 0 Å². The SMILES string of the molecule is CCC(CC)C(CC)CSC. The van der Waals surface area contributed by atoms with Crippen LogP contribution >= 0.6 is 11.8 Å². The Kier molecular flexibility index (Phi) is 7.25. The molecular weight excluding hydrogens is 152 g/mol. The van der Waals surface area contributed by atoms with E-state index in [0.29, 0.717) is 0 Å². The van der Waals surface area contributed by atoms with Gasteiger partial charge in [0.2, 0.25) is 0 Å². The zero-order chi connectivity index (χ0) is 8.69. The maximum absolute atomic E-state index is 2.32. The van der Waals surface area contributed by atoms with Crippen molar-refractivity contribution in [1.82, 2.24) is 0 Å². The fourth-order valence-corrected chi connectivity index (χ4v) is 2.69. The lowest BCUT2D eigenvalue weighted by Crippen LogP contribution is -2.14. The van der Waals surface area contributed by atoms with Crippen LogP contribution in [0.15, 0.2) is 0 Å². The van der Waals surface area contributed by atoms with Crippen molar-refractivity contribution in [2.24, 2.45) is 11.8 Å². The molecule has 0 saturated heterocycles. The van der Waals surface area contributed by atoms with Crippen LogP contribution in [0.3, 0.4) is 0 Å². The Morgan fingerprint density at radius 2 is 1.36 bits per heavy atom. The van der Waals surface area contributed by atoms with Crippen molar-refractivity contribution in [3.63, 3.8) is 0 Å². The Balaban J connectivity index is 3.76. The van der Waals surface area contributed by atoms with Crippen LogP contribution in [-0.2, 0) is 0 Å². The van der Waals surface area contributed by atoms with E-state index >= 15 is 0 Å². The fourth-order valence-electron chi connectivity index (χ4n) is 1.76. The van der Waals surface area contributed by atoms with E-state index in [0.717, 1.165) is 11.8 Å². The molecule has 0 radical (unpaired) electrons. The van der Waals surface area contributed by atoms with E-state index in [4.69, 9.17) is 0 Å². The smallest absolute Gasteiger partial charge is 0.00394 e. The Morgan fingerprint density at radius 3 is 1.64 bits per heavy atom. The van der Waals surface area contributed by atoms with E-state index < -0.39 is 0 Å². The van der Waals surface area contributed by atoms with E-state index in [9.17, 15) is 0 Å². The standard InChI is InChI=1S/C10H22S/c1-5-9(6-2)10(7-3)8-11-4/h9-10H,5-8H2,1-4H3. The van der Waals surface area contributed by atoms with Crippen LogP contribution in [0.5, 0.6) is 0 Å². The first-order chi connectivity index (χ1) is 5.29. The zero-order valence-electron chi connectivity index (χ0n) is 8.39. The van der Waals surface area contributed by atoms with E-state index in [1.165, 1.54) is 25.0 Å². The molecule has 0 bridgehead atoms. The van der Waals surface area contributed by atoms with E-state index in [2.05, 4.69) is 27.0 Å². The topological polar surface area (TPSA) is 0 Å². The molecule has 11 heavy (non-hydrogen) atoms. The van der Waals surface area contributed by atoms with Crippen LogP contribution < -0.4 is 0 Å². The lowest BCUT2D eigenvalue weighted by atomic mass is 9.87. The molecule has 0 spiro atoms. The van der Waals surface area contributed by atoms with Crippen molar-refractivity contribution in [1.29, 1.82) is 0 Å². The van der Waals surface area contributed by atoms with Gasteiger partial charge in [-0.15, -0.1) is 0 Å². The summed E-state index contributed by atoms with van der Waals surface area (Å²) in [6.45, 7) is 6.95. The minimum Gasteiger partial charge on any atom is -0.165 e. The van der Waals surface area contributed by atoms with Crippen molar-refractivity contribution < 1.29 is 0 Å². The Labute approximate surface area is 76.1 Å². The molecule has 68 valence electrons. The molecule has 0 N–H and O–H groups in total. The van der Waals surface area contributed by atoms with E-state index in [-0.39, 0.29) is 0 Å². The highest BCUT2D eigenvalue weighted by molar-refractivity contribution is 7.98. The van der Waals surface area contributed by atoms with Gasteiger partial charge in [0.1, 0.15) is 0 Å². The molecule has 0 aromatic rings. The second-order valence-electron chi connectivity index (χ2n) is 3.20. The number of hydrogen-bond acceptors (Lipinski definition) is 1. The summed E-state index contributed by atoms with van der Waals surface area (Å²) < 4.78 is 0. The van der Waals surface area contributed by atoms with Gasteiger partial charge in [0.05, 0.1) is 0 Å². The van der Waals surface area contributed by atoms with Gasteiger partial charge in [-0.1, -0.05) is 40.0 Å². The molecular formula is C10H22S. The Hall–Kier alpha value is 0.350. The summed E-state index contributed by atoms with van der Waals surface area (Å²) in [6, 6.07) is 0. The van der Waals surface area contributed by atoms with Gasteiger partial charge in [-0.05, 0) is 23.8 Å². The highest BCUT2D eigenvalue weighted by Gasteiger charge is 2.15.